The Balaban J connectivity index is 0.00000240. The summed E-state index contributed by atoms with van der Waals surface area (Å²) in [7, 11) is 1.76. The highest BCUT2D eigenvalue weighted by atomic mass is 35.5. The molecular formula is C24H31ClN2O2. The number of para-hydroxylation sites is 2. The Bertz CT molecular complexity index is 826. The number of fused-ring (bicyclic) bond motifs is 1. The molecule has 1 unspecified atom stereocenters. The van der Waals surface area contributed by atoms with Gasteiger partial charge in [-0.2, -0.15) is 0 Å². The molecule has 2 aromatic carbocycles. The van der Waals surface area contributed by atoms with Gasteiger partial charge in [0.2, 0.25) is 5.91 Å². The maximum atomic E-state index is 12.4. The van der Waals surface area contributed by atoms with E-state index in [4.69, 9.17) is 4.74 Å². The number of methoxy groups -OCH3 is 1. The number of rotatable bonds is 7. The number of hydrogen-bond donors (Lipinski definition) is 0. The SMILES string of the molecule is COc1ccccc1C1CCN(CCCCN2C(=O)CCc3ccccc32)C1.Cl. The molecule has 2 aliphatic rings. The minimum Gasteiger partial charge on any atom is -0.496 e. The molecule has 0 spiro atoms. The Morgan fingerprint density at radius 1 is 1.00 bits per heavy atom. The van der Waals surface area contributed by atoms with Gasteiger partial charge in [-0.15, -0.1) is 12.4 Å². The zero-order valence-corrected chi connectivity index (χ0v) is 18.0. The molecule has 4 rings (SSSR count). The Hall–Kier alpha value is -2.04. The monoisotopic (exact) mass is 414 g/mol. The molecule has 4 nitrogen and oxygen atoms in total. The second kappa shape index (κ2) is 10.1. The van der Waals surface area contributed by atoms with Crippen LogP contribution >= 0.6 is 12.4 Å². The van der Waals surface area contributed by atoms with Crippen molar-refractivity contribution in [2.75, 3.05) is 38.2 Å². The zero-order valence-electron chi connectivity index (χ0n) is 17.2. The van der Waals surface area contributed by atoms with Crippen LogP contribution in [-0.4, -0.2) is 44.1 Å². The zero-order chi connectivity index (χ0) is 19.3. The highest BCUT2D eigenvalue weighted by molar-refractivity contribution is 5.96. The lowest BCUT2D eigenvalue weighted by Gasteiger charge is -2.29. The van der Waals surface area contributed by atoms with E-state index in [1.165, 1.54) is 17.5 Å². The van der Waals surface area contributed by atoms with Crippen LogP contribution < -0.4 is 9.64 Å². The standard InChI is InChI=1S/C24H30N2O2.ClH/c1-28-23-11-5-3-9-21(23)20-14-17-25(18-20)15-6-7-16-26-22-10-4-2-8-19(22)12-13-24(26)27;/h2-5,8-11,20H,6-7,12-18H2,1H3;1H. The number of carbonyl (C=O) groups excluding carboxylic acids is 1. The van der Waals surface area contributed by atoms with Crippen LogP contribution in [0.25, 0.3) is 0 Å². The van der Waals surface area contributed by atoms with Crippen LogP contribution in [0.5, 0.6) is 5.75 Å². The summed E-state index contributed by atoms with van der Waals surface area (Å²) in [6.07, 6.45) is 4.90. The number of anilines is 1. The topological polar surface area (TPSA) is 32.8 Å². The first-order valence-electron chi connectivity index (χ1n) is 10.5. The lowest BCUT2D eigenvalue weighted by Crippen LogP contribution is -2.36. The fraction of sp³-hybridized carbons (Fsp3) is 0.458. The average molecular weight is 415 g/mol. The third-order valence-electron chi connectivity index (χ3n) is 6.15. The molecule has 1 saturated heterocycles. The molecule has 0 aromatic heterocycles. The number of amides is 1. The summed E-state index contributed by atoms with van der Waals surface area (Å²) in [4.78, 5) is 16.9. The van der Waals surface area contributed by atoms with Crippen molar-refractivity contribution in [3.8, 4) is 5.75 Å². The molecule has 0 aliphatic carbocycles. The van der Waals surface area contributed by atoms with Gasteiger partial charge in [0.05, 0.1) is 7.11 Å². The smallest absolute Gasteiger partial charge is 0.227 e. The van der Waals surface area contributed by atoms with Crippen LogP contribution in [0.1, 0.15) is 42.7 Å². The second-order valence-corrected chi connectivity index (χ2v) is 7.91. The van der Waals surface area contributed by atoms with Crippen molar-refractivity contribution in [2.24, 2.45) is 0 Å². The van der Waals surface area contributed by atoms with Crippen LogP contribution in [0, 0.1) is 0 Å². The molecule has 0 saturated carbocycles. The fourth-order valence-electron chi connectivity index (χ4n) is 4.64. The fourth-order valence-corrected chi connectivity index (χ4v) is 4.64. The Morgan fingerprint density at radius 3 is 2.62 bits per heavy atom. The molecule has 2 aliphatic heterocycles. The quantitative estimate of drug-likeness (QED) is 0.617. The van der Waals surface area contributed by atoms with E-state index in [-0.39, 0.29) is 18.3 Å². The number of likely N-dealkylation sites (tertiary alicyclic amines) is 1. The van der Waals surface area contributed by atoms with Crippen molar-refractivity contribution < 1.29 is 9.53 Å². The van der Waals surface area contributed by atoms with E-state index in [0.717, 1.165) is 56.9 Å². The van der Waals surface area contributed by atoms with Gasteiger partial charge >= 0.3 is 0 Å². The molecule has 1 fully saturated rings. The van der Waals surface area contributed by atoms with E-state index in [9.17, 15) is 4.79 Å². The van der Waals surface area contributed by atoms with Crippen molar-refractivity contribution in [2.45, 2.75) is 38.0 Å². The first-order chi connectivity index (χ1) is 13.8. The third kappa shape index (κ3) is 4.93. The third-order valence-corrected chi connectivity index (χ3v) is 6.15. The van der Waals surface area contributed by atoms with Crippen molar-refractivity contribution in [1.29, 1.82) is 0 Å². The molecule has 0 N–H and O–H groups in total. The summed E-state index contributed by atoms with van der Waals surface area (Å²) < 4.78 is 5.54. The van der Waals surface area contributed by atoms with Crippen LogP contribution in [0.4, 0.5) is 5.69 Å². The summed E-state index contributed by atoms with van der Waals surface area (Å²) in [5, 5.41) is 0. The number of benzene rings is 2. The molecule has 0 radical (unpaired) electrons. The van der Waals surface area contributed by atoms with Crippen LogP contribution in [-0.2, 0) is 11.2 Å². The molecule has 0 bridgehead atoms. The van der Waals surface area contributed by atoms with Crippen LogP contribution in [0.3, 0.4) is 0 Å². The summed E-state index contributed by atoms with van der Waals surface area (Å²) in [5.74, 6) is 1.85. The van der Waals surface area contributed by atoms with E-state index in [1.54, 1.807) is 7.11 Å². The molecule has 2 aromatic rings. The van der Waals surface area contributed by atoms with Crippen LogP contribution in [0.15, 0.2) is 48.5 Å². The lowest BCUT2D eigenvalue weighted by molar-refractivity contribution is -0.118. The van der Waals surface area contributed by atoms with Gasteiger partial charge in [-0.25, -0.2) is 0 Å². The summed E-state index contributed by atoms with van der Waals surface area (Å²) in [6, 6.07) is 16.7. The highest BCUT2D eigenvalue weighted by Gasteiger charge is 2.26. The number of nitrogens with zero attached hydrogens (tertiary/aromatic N) is 2. The van der Waals surface area contributed by atoms with Crippen molar-refractivity contribution in [1.82, 2.24) is 4.90 Å². The lowest BCUT2D eigenvalue weighted by atomic mass is 9.97. The molecule has 2 heterocycles. The van der Waals surface area contributed by atoms with Gasteiger partial charge in [0.15, 0.2) is 0 Å². The molecule has 29 heavy (non-hydrogen) atoms. The summed E-state index contributed by atoms with van der Waals surface area (Å²) in [5.41, 5.74) is 3.76. The van der Waals surface area contributed by atoms with Gasteiger partial charge in [-0.3, -0.25) is 4.79 Å². The van der Waals surface area contributed by atoms with Gasteiger partial charge in [-0.1, -0.05) is 36.4 Å². The summed E-state index contributed by atoms with van der Waals surface area (Å²) in [6.45, 7) is 4.19. The van der Waals surface area contributed by atoms with E-state index < -0.39 is 0 Å². The highest BCUT2D eigenvalue weighted by Crippen LogP contribution is 2.33. The number of aryl methyl sites for hydroxylation is 1. The van der Waals surface area contributed by atoms with Crippen molar-refractivity contribution in [3.63, 3.8) is 0 Å². The van der Waals surface area contributed by atoms with E-state index in [0.29, 0.717) is 12.3 Å². The maximum absolute atomic E-state index is 12.4. The number of carbonyl (C=O) groups is 1. The summed E-state index contributed by atoms with van der Waals surface area (Å²) >= 11 is 0. The van der Waals surface area contributed by atoms with Crippen molar-refractivity contribution >= 4 is 24.0 Å². The Labute approximate surface area is 180 Å². The first-order valence-corrected chi connectivity index (χ1v) is 10.5. The first kappa shape index (κ1) is 21.7. The van der Waals surface area contributed by atoms with Gasteiger partial charge < -0.3 is 14.5 Å². The molecule has 1 amide bonds. The molecular weight excluding hydrogens is 384 g/mol. The maximum Gasteiger partial charge on any atom is 0.227 e. The van der Waals surface area contributed by atoms with Gasteiger partial charge in [0, 0.05) is 31.1 Å². The number of ether oxygens (including phenoxy) is 1. The Morgan fingerprint density at radius 2 is 1.76 bits per heavy atom. The number of unbranched alkanes of at least 4 members (excludes halogenated alkanes) is 1. The van der Waals surface area contributed by atoms with E-state index in [1.807, 2.05) is 17.0 Å². The average Bonchev–Trinajstić information content (AvgIpc) is 3.21. The predicted molar refractivity (Wildman–Crippen MR) is 120 cm³/mol. The van der Waals surface area contributed by atoms with E-state index in [2.05, 4.69) is 41.3 Å². The second-order valence-electron chi connectivity index (χ2n) is 7.91. The van der Waals surface area contributed by atoms with E-state index >= 15 is 0 Å². The normalized spacial score (nSPS) is 19.0. The minimum absolute atomic E-state index is 0. The largest absolute Gasteiger partial charge is 0.496 e. The Kier molecular flexibility index (Phi) is 7.57. The molecule has 5 heteroatoms. The predicted octanol–water partition coefficient (Wildman–Crippen LogP) is 4.67. The van der Waals surface area contributed by atoms with Crippen molar-refractivity contribution in [3.05, 3.63) is 59.7 Å². The van der Waals surface area contributed by atoms with Gasteiger partial charge in [0.25, 0.3) is 0 Å². The minimum atomic E-state index is 0. The van der Waals surface area contributed by atoms with Crippen LogP contribution in [0.2, 0.25) is 0 Å². The van der Waals surface area contributed by atoms with Gasteiger partial charge in [-0.05, 0) is 62.0 Å². The number of halogens is 1. The molecule has 156 valence electrons. The number of hydrogen-bond acceptors (Lipinski definition) is 3. The molecule has 1 atom stereocenters. The van der Waals surface area contributed by atoms with Gasteiger partial charge in [0.1, 0.15) is 5.75 Å².